The van der Waals surface area contributed by atoms with Crippen molar-refractivity contribution in [1.82, 2.24) is 14.8 Å². The average Bonchev–Trinajstić information content (AvgIpc) is 3.34. The monoisotopic (exact) mass is 521 g/mol. The number of fused-ring (bicyclic) bond motifs is 1. The highest BCUT2D eigenvalue weighted by molar-refractivity contribution is 5.95. The van der Waals surface area contributed by atoms with Crippen LogP contribution in [0.3, 0.4) is 0 Å². The number of aromatic nitrogens is 3. The minimum Gasteiger partial charge on any atom is -0.473 e. The number of hydrogen-bond donors (Lipinski definition) is 0. The maximum absolute atomic E-state index is 12.5. The number of rotatable bonds is 12. The highest BCUT2D eigenvalue weighted by atomic mass is 16.5. The SMILES string of the molecule is CCCCOC(=O)Cn1nc(-c2ccc(OCc3ccccc3)nc2OCc2ccccc2)c2ccccc21. The summed E-state index contributed by atoms with van der Waals surface area (Å²) in [4.78, 5) is 17.2. The molecule has 0 saturated carbocycles. The Balaban J connectivity index is 1.47. The van der Waals surface area contributed by atoms with Crippen molar-refractivity contribution in [2.24, 2.45) is 0 Å². The summed E-state index contributed by atoms with van der Waals surface area (Å²) in [6, 6.07) is 31.4. The Bertz CT molecular complexity index is 1520. The van der Waals surface area contributed by atoms with Crippen LogP contribution in [0, 0.1) is 0 Å². The van der Waals surface area contributed by atoms with E-state index in [1.54, 1.807) is 4.68 Å². The molecule has 2 heterocycles. The Morgan fingerprint density at radius 1 is 0.795 bits per heavy atom. The number of unbranched alkanes of at least 4 members (excludes halogenated alkanes) is 1. The minimum absolute atomic E-state index is 0.0239. The van der Waals surface area contributed by atoms with E-state index in [0.29, 0.717) is 42.8 Å². The number of benzene rings is 3. The van der Waals surface area contributed by atoms with Gasteiger partial charge in [-0.15, -0.1) is 0 Å². The molecule has 39 heavy (non-hydrogen) atoms. The van der Waals surface area contributed by atoms with Gasteiger partial charge in [-0.3, -0.25) is 9.48 Å². The van der Waals surface area contributed by atoms with E-state index in [1.165, 1.54) is 0 Å². The van der Waals surface area contributed by atoms with Gasteiger partial charge >= 0.3 is 5.97 Å². The van der Waals surface area contributed by atoms with Crippen LogP contribution in [0.4, 0.5) is 0 Å². The van der Waals surface area contributed by atoms with Crippen LogP contribution >= 0.6 is 0 Å². The van der Waals surface area contributed by atoms with Gasteiger partial charge in [-0.25, -0.2) is 0 Å². The summed E-state index contributed by atoms with van der Waals surface area (Å²) in [7, 11) is 0. The third-order valence-electron chi connectivity index (χ3n) is 6.24. The third-order valence-corrected chi connectivity index (χ3v) is 6.24. The van der Waals surface area contributed by atoms with Gasteiger partial charge in [-0.05, 0) is 29.7 Å². The molecule has 2 aromatic heterocycles. The van der Waals surface area contributed by atoms with Gasteiger partial charge in [0.25, 0.3) is 0 Å². The van der Waals surface area contributed by atoms with Gasteiger partial charge in [0.15, 0.2) is 0 Å². The van der Waals surface area contributed by atoms with Crippen molar-refractivity contribution < 1.29 is 19.0 Å². The van der Waals surface area contributed by atoms with Crippen molar-refractivity contribution in [2.45, 2.75) is 39.5 Å². The number of carbonyl (C=O) groups is 1. The summed E-state index contributed by atoms with van der Waals surface area (Å²) in [6.07, 6.45) is 1.80. The Kier molecular flexibility index (Phi) is 8.48. The molecule has 0 saturated heterocycles. The van der Waals surface area contributed by atoms with Crippen molar-refractivity contribution in [1.29, 1.82) is 0 Å². The van der Waals surface area contributed by atoms with E-state index in [2.05, 4.69) is 6.92 Å². The standard InChI is InChI=1S/C32H31N3O4/c1-2-3-20-37-30(36)21-35-28-17-11-10-16-26(28)31(34-35)27-18-19-29(38-22-24-12-6-4-7-13-24)33-32(27)39-23-25-14-8-5-9-15-25/h4-19H,2-3,20-23H2,1H3. The summed E-state index contributed by atoms with van der Waals surface area (Å²) < 4.78 is 19.3. The van der Waals surface area contributed by atoms with Crippen LogP contribution in [0.1, 0.15) is 30.9 Å². The second-order valence-corrected chi connectivity index (χ2v) is 9.15. The molecule has 0 aliphatic carbocycles. The summed E-state index contributed by atoms with van der Waals surface area (Å²) in [5.41, 5.74) is 4.29. The van der Waals surface area contributed by atoms with Gasteiger partial charge in [0.1, 0.15) is 25.5 Å². The van der Waals surface area contributed by atoms with Crippen LogP contribution in [-0.4, -0.2) is 27.3 Å². The largest absolute Gasteiger partial charge is 0.473 e. The lowest BCUT2D eigenvalue weighted by Crippen LogP contribution is -2.15. The first kappa shape index (κ1) is 26.0. The van der Waals surface area contributed by atoms with Crippen LogP contribution in [0.25, 0.3) is 22.2 Å². The zero-order chi connectivity index (χ0) is 26.9. The van der Waals surface area contributed by atoms with Crippen LogP contribution in [-0.2, 0) is 29.3 Å². The quantitative estimate of drug-likeness (QED) is 0.136. The number of esters is 1. The number of carbonyl (C=O) groups excluding carboxylic acids is 1. The fourth-order valence-corrected chi connectivity index (χ4v) is 4.20. The van der Waals surface area contributed by atoms with Gasteiger partial charge in [-0.2, -0.15) is 10.1 Å². The highest BCUT2D eigenvalue weighted by Gasteiger charge is 2.20. The topological polar surface area (TPSA) is 75.5 Å². The Morgan fingerprint density at radius 3 is 2.18 bits per heavy atom. The van der Waals surface area contributed by atoms with Gasteiger partial charge in [0.05, 0.1) is 17.7 Å². The fourth-order valence-electron chi connectivity index (χ4n) is 4.20. The lowest BCUT2D eigenvalue weighted by atomic mass is 10.1. The van der Waals surface area contributed by atoms with Gasteiger partial charge in [0.2, 0.25) is 11.8 Å². The predicted octanol–water partition coefficient (Wildman–Crippen LogP) is 6.60. The Labute approximate surface area is 228 Å². The van der Waals surface area contributed by atoms with Crippen LogP contribution < -0.4 is 9.47 Å². The molecule has 7 nitrogen and oxygen atoms in total. The molecule has 0 amide bonds. The van der Waals surface area contributed by atoms with E-state index in [9.17, 15) is 4.79 Å². The summed E-state index contributed by atoms with van der Waals surface area (Å²) in [5, 5.41) is 5.71. The normalized spacial score (nSPS) is 10.9. The molecule has 0 unspecified atom stereocenters. The third kappa shape index (κ3) is 6.62. The first-order valence-electron chi connectivity index (χ1n) is 13.2. The van der Waals surface area contributed by atoms with Gasteiger partial charge in [0, 0.05) is 11.5 Å². The lowest BCUT2D eigenvalue weighted by molar-refractivity contribution is -0.144. The fraction of sp³-hybridized carbons (Fsp3) is 0.219. The molecule has 0 N–H and O–H groups in total. The van der Waals surface area contributed by atoms with E-state index < -0.39 is 0 Å². The number of ether oxygens (including phenoxy) is 3. The first-order valence-corrected chi connectivity index (χ1v) is 13.2. The Hall–Kier alpha value is -4.65. The molecule has 3 aromatic carbocycles. The van der Waals surface area contributed by atoms with E-state index in [1.807, 2.05) is 97.1 Å². The Morgan fingerprint density at radius 2 is 1.46 bits per heavy atom. The number of hydrogen-bond acceptors (Lipinski definition) is 6. The average molecular weight is 522 g/mol. The highest BCUT2D eigenvalue weighted by Crippen LogP contribution is 2.35. The smallest absolute Gasteiger partial charge is 0.327 e. The molecule has 0 aliphatic heterocycles. The molecule has 0 bridgehead atoms. The van der Waals surface area contributed by atoms with Gasteiger partial charge < -0.3 is 14.2 Å². The predicted molar refractivity (Wildman–Crippen MR) is 150 cm³/mol. The molecule has 0 radical (unpaired) electrons. The molecule has 198 valence electrons. The van der Waals surface area contributed by atoms with Crippen LogP contribution in [0.5, 0.6) is 11.8 Å². The maximum Gasteiger partial charge on any atom is 0.327 e. The minimum atomic E-state index is -0.313. The molecule has 5 aromatic rings. The van der Waals surface area contributed by atoms with E-state index in [0.717, 1.165) is 34.9 Å². The van der Waals surface area contributed by atoms with Crippen LogP contribution in [0.15, 0.2) is 97.1 Å². The van der Waals surface area contributed by atoms with Crippen molar-refractivity contribution in [3.8, 4) is 23.0 Å². The van der Waals surface area contributed by atoms with E-state index in [-0.39, 0.29) is 12.5 Å². The van der Waals surface area contributed by atoms with Crippen molar-refractivity contribution in [3.63, 3.8) is 0 Å². The lowest BCUT2D eigenvalue weighted by Gasteiger charge is -2.12. The van der Waals surface area contributed by atoms with E-state index in [4.69, 9.17) is 24.3 Å². The van der Waals surface area contributed by atoms with E-state index >= 15 is 0 Å². The number of pyridine rings is 1. The molecule has 0 spiro atoms. The molecular weight excluding hydrogens is 490 g/mol. The first-order chi connectivity index (χ1) is 19.2. The van der Waals surface area contributed by atoms with Crippen molar-refractivity contribution in [2.75, 3.05) is 6.61 Å². The zero-order valence-corrected chi connectivity index (χ0v) is 22.0. The molecule has 5 rings (SSSR count). The maximum atomic E-state index is 12.5. The van der Waals surface area contributed by atoms with Crippen molar-refractivity contribution >= 4 is 16.9 Å². The second-order valence-electron chi connectivity index (χ2n) is 9.15. The second kappa shape index (κ2) is 12.7. The number of nitrogens with zero attached hydrogens (tertiary/aromatic N) is 3. The molecule has 7 heteroatoms. The van der Waals surface area contributed by atoms with Crippen LogP contribution in [0.2, 0.25) is 0 Å². The number of para-hydroxylation sites is 1. The molecular formula is C32H31N3O4. The molecule has 0 atom stereocenters. The summed E-state index contributed by atoms with van der Waals surface area (Å²) >= 11 is 0. The van der Waals surface area contributed by atoms with Gasteiger partial charge in [-0.1, -0.05) is 92.2 Å². The summed E-state index contributed by atoms with van der Waals surface area (Å²) in [5.74, 6) is 0.547. The molecule has 0 aliphatic rings. The zero-order valence-electron chi connectivity index (χ0n) is 22.0. The summed E-state index contributed by atoms with van der Waals surface area (Å²) in [6.45, 7) is 3.22. The molecule has 0 fully saturated rings. The van der Waals surface area contributed by atoms with Crippen molar-refractivity contribution in [3.05, 3.63) is 108 Å².